The minimum atomic E-state index is -0.993. The van der Waals surface area contributed by atoms with Crippen molar-refractivity contribution in [2.45, 2.75) is 40.2 Å². The highest BCUT2D eigenvalue weighted by Crippen LogP contribution is 2.14. The van der Waals surface area contributed by atoms with Crippen molar-refractivity contribution in [2.24, 2.45) is 5.92 Å². The molecular weight excluding hydrogens is 242 g/mol. The van der Waals surface area contributed by atoms with E-state index in [4.69, 9.17) is 0 Å². The number of carboxylic acid groups (broad SMARTS) is 1. The molecule has 0 saturated carbocycles. The molecule has 1 rings (SSSR count). The molecular formula is C15H21NO3. The van der Waals surface area contributed by atoms with Crippen LogP contribution in [0.25, 0.3) is 0 Å². The third-order valence-corrected chi connectivity index (χ3v) is 3.61. The number of carboxylic acids is 1. The molecule has 0 unspecified atom stereocenters. The van der Waals surface area contributed by atoms with Gasteiger partial charge in [0.05, 0.1) is 0 Å². The Morgan fingerprint density at radius 1 is 1.32 bits per heavy atom. The van der Waals surface area contributed by atoms with Crippen molar-refractivity contribution < 1.29 is 14.7 Å². The van der Waals surface area contributed by atoms with Gasteiger partial charge >= 0.3 is 5.97 Å². The summed E-state index contributed by atoms with van der Waals surface area (Å²) in [4.78, 5) is 23.4. The van der Waals surface area contributed by atoms with E-state index < -0.39 is 12.0 Å². The third-order valence-electron chi connectivity index (χ3n) is 3.61. The molecule has 19 heavy (non-hydrogen) atoms. The van der Waals surface area contributed by atoms with E-state index >= 15 is 0 Å². The highest BCUT2D eigenvalue weighted by atomic mass is 16.4. The number of benzene rings is 1. The fourth-order valence-electron chi connectivity index (χ4n) is 1.90. The summed E-state index contributed by atoms with van der Waals surface area (Å²) in [6.07, 6.45) is 0.698. The minimum absolute atomic E-state index is 0.105. The lowest BCUT2D eigenvalue weighted by Gasteiger charge is -2.20. The normalized spacial score (nSPS) is 13.7. The maximum absolute atomic E-state index is 12.2. The Bertz CT molecular complexity index is 482. The lowest BCUT2D eigenvalue weighted by Crippen LogP contribution is -2.45. The number of aliphatic carboxylic acids is 1. The van der Waals surface area contributed by atoms with Gasteiger partial charge in [0.25, 0.3) is 5.91 Å². The SMILES string of the molecule is CC[C@H](C)[C@H](NC(=O)c1cccc(C)c1C)C(=O)O. The molecule has 1 aromatic rings. The van der Waals surface area contributed by atoms with Crippen molar-refractivity contribution >= 4 is 11.9 Å². The van der Waals surface area contributed by atoms with Crippen LogP contribution in [0.2, 0.25) is 0 Å². The highest BCUT2D eigenvalue weighted by molar-refractivity contribution is 5.98. The number of amides is 1. The molecule has 104 valence electrons. The van der Waals surface area contributed by atoms with Gasteiger partial charge in [0.15, 0.2) is 0 Å². The predicted octanol–water partition coefficient (Wildman–Crippen LogP) is 2.53. The lowest BCUT2D eigenvalue weighted by atomic mass is 9.97. The van der Waals surface area contributed by atoms with E-state index in [0.29, 0.717) is 12.0 Å². The Morgan fingerprint density at radius 2 is 1.95 bits per heavy atom. The zero-order valence-electron chi connectivity index (χ0n) is 11.9. The van der Waals surface area contributed by atoms with Gasteiger partial charge in [-0.3, -0.25) is 4.79 Å². The van der Waals surface area contributed by atoms with Crippen molar-refractivity contribution in [3.63, 3.8) is 0 Å². The topological polar surface area (TPSA) is 66.4 Å². The second kappa shape index (κ2) is 6.36. The second-order valence-corrected chi connectivity index (χ2v) is 4.92. The van der Waals surface area contributed by atoms with Crippen LogP contribution in [0.4, 0.5) is 0 Å². The van der Waals surface area contributed by atoms with Crippen LogP contribution in [-0.2, 0) is 4.79 Å². The van der Waals surface area contributed by atoms with Gasteiger partial charge in [-0.1, -0.05) is 32.4 Å². The number of aryl methyl sites for hydroxylation is 1. The molecule has 1 aromatic carbocycles. The van der Waals surface area contributed by atoms with Crippen LogP contribution in [0.3, 0.4) is 0 Å². The van der Waals surface area contributed by atoms with Crippen molar-refractivity contribution in [3.8, 4) is 0 Å². The molecule has 1 amide bonds. The van der Waals surface area contributed by atoms with E-state index in [0.717, 1.165) is 11.1 Å². The molecule has 4 nitrogen and oxygen atoms in total. The first kappa shape index (κ1) is 15.2. The molecule has 4 heteroatoms. The molecule has 0 bridgehead atoms. The van der Waals surface area contributed by atoms with Gasteiger partial charge in [-0.05, 0) is 37.0 Å². The summed E-state index contributed by atoms with van der Waals surface area (Å²) in [7, 11) is 0. The van der Waals surface area contributed by atoms with E-state index in [1.807, 2.05) is 33.8 Å². The van der Waals surface area contributed by atoms with Crippen LogP contribution in [0.1, 0.15) is 41.8 Å². The molecule has 0 spiro atoms. The standard InChI is InChI=1S/C15H21NO3/c1-5-9(2)13(15(18)19)16-14(17)12-8-6-7-10(3)11(12)4/h6-9,13H,5H2,1-4H3,(H,16,17)(H,18,19)/t9-,13-/m0/s1. The first-order chi connectivity index (χ1) is 8.88. The van der Waals surface area contributed by atoms with Gasteiger partial charge in [0.2, 0.25) is 0 Å². The zero-order chi connectivity index (χ0) is 14.6. The largest absolute Gasteiger partial charge is 0.480 e. The molecule has 0 aliphatic heterocycles. The zero-order valence-corrected chi connectivity index (χ0v) is 11.9. The van der Waals surface area contributed by atoms with E-state index in [2.05, 4.69) is 5.32 Å². The first-order valence-electron chi connectivity index (χ1n) is 6.48. The number of hydrogen-bond acceptors (Lipinski definition) is 2. The summed E-state index contributed by atoms with van der Waals surface area (Å²) >= 11 is 0. The summed E-state index contributed by atoms with van der Waals surface area (Å²) in [6.45, 7) is 7.52. The Hall–Kier alpha value is -1.84. The summed E-state index contributed by atoms with van der Waals surface area (Å²) < 4.78 is 0. The first-order valence-corrected chi connectivity index (χ1v) is 6.48. The monoisotopic (exact) mass is 263 g/mol. The molecule has 2 atom stereocenters. The summed E-state index contributed by atoms with van der Waals surface area (Å²) in [5.41, 5.74) is 2.44. The maximum Gasteiger partial charge on any atom is 0.326 e. The average molecular weight is 263 g/mol. The van der Waals surface area contributed by atoms with E-state index in [9.17, 15) is 14.7 Å². The van der Waals surface area contributed by atoms with Gasteiger partial charge < -0.3 is 10.4 Å². The predicted molar refractivity (Wildman–Crippen MR) is 74.3 cm³/mol. The van der Waals surface area contributed by atoms with Crippen LogP contribution >= 0.6 is 0 Å². The fraction of sp³-hybridized carbons (Fsp3) is 0.467. The second-order valence-electron chi connectivity index (χ2n) is 4.92. The van der Waals surface area contributed by atoms with Crippen LogP contribution < -0.4 is 5.32 Å². The van der Waals surface area contributed by atoms with Crippen LogP contribution in [-0.4, -0.2) is 23.0 Å². The maximum atomic E-state index is 12.2. The number of rotatable bonds is 5. The van der Waals surface area contributed by atoms with Crippen molar-refractivity contribution in [2.75, 3.05) is 0 Å². The lowest BCUT2D eigenvalue weighted by molar-refractivity contribution is -0.140. The average Bonchev–Trinajstić information content (AvgIpc) is 2.37. The van der Waals surface area contributed by atoms with Crippen LogP contribution in [0.15, 0.2) is 18.2 Å². The van der Waals surface area contributed by atoms with Gasteiger partial charge in [-0.25, -0.2) is 4.79 Å². The molecule has 0 aliphatic rings. The Kier molecular flexibility index (Phi) is 5.10. The summed E-state index contributed by atoms with van der Waals surface area (Å²) in [5.74, 6) is -1.42. The highest BCUT2D eigenvalue weighted by Gasteiger charge is 2.26. The van der Waals surface area contributed by atoms with Gasteiger partial charge in [0.1, 0.15) is 6.04 Å². The molecule has 0 fully saturated rings. The number of hydrogen-bond donors (Lipinski definition) is 2. The third kappa shape index (κ3) is 3.56. The van der Waals surface area contributed by atoms with Crippen LogP contribution in [0, 0.1) is 19.8 Å². The molecule has 2 N–H and O–H groups in total. The van der Waals surface area contributed by atoms with E-state index in [-0.39, 0.29) is 11.8 Å². The summed E-state index contributed by atoms with van der Waals surface area (Å²) in [5, 5.41) is 11.8. The van der Waals surface area contributed by atoms with Gasteiger partial charge in [0, 0.05) is 5.56 Å². The number of nitrogens with one attached hydrogen (secondary N) is 1. The number of carbonyl (C=O) groups is 2. The quantitative estimate of drug-likeness (QED) is 0.858. The van der Waals surface area contributed by atoms with E-state index in [1.165, 1.54) is 0 Å². The number of carbonyl (C=O) groups excluding carboxylic acids is 1. The molecule has 0 aromatic heterocycles. The fourth-order valence-corrected chi connectivity index (χ4v) is 1.90. The summed E-state index contributed by atoms with van der Waals surface area (Å²) in [6, 6.07) is 4.59. The molecule has 0 aliphatic carbocycles. The molecule has 0 saturated heterocycles. The van der Waals surface area contributed by atoms with Crippen LogP contribution in [0.5, 0.6) is 0 Å². The molecule has 0 heterocycles. The smallest absolute Gasteiger partial charge is 0.326 e. The van der Waals surface area contributed by atoms with Crippen molar-refractivity contribution in [1.29, 1.82) is 0 Å². The van der Waals surface area contributed by atoms with Crippen molar-refractivity contribution in [1.82, 2.24) is 5.32 Å². The molecule has 0 radical (unpaired) electrons. The van der Waals surface area contributed by atoms with Crippen molar-refractivity contribution in [3.05, 3.63) is 34.9 Å². The van der Waals surface area contributed by atoms with Gasteiger partial charge in [-0.2, -0.15) is 0 Å². The van der Waals surface area contributed by atoms with Gasteiger partial charge in [-0.15, -0.1) is 0 Å². The Morgan fingerprint density at radius 3 is 2.47 bits per heavy atom. The Balaban J connectivity index is 2.94. The minimum Gasteiger partial charge on any atom is -0.480 e. The van der Waals surface area contributed by atoms with E-state index in [1.54, 1.807) is 12.1 Å². The Labute approximate surface area is 113 Å².